The number of nitrogens with zero attached hydrogens (tertiary/aromatic N) is 1. The van der Waals surface area contributed by atoms with E-state index in [0.29, 0.717) is 12.0 Å². The van der Waals surface area contributed by atoms with Crippen LogP contribution in [0.25, 0.3) is 0 Å². The molecule has 1 aromatic rings. The van der Waals surface area contributed by atoms with Crippen molar-refractivity contribution in [2.24, 2.45) is 5.73 Å². The SMILES string of the molecule is Cl.NCc1cncc(B(O)O)c1. The molecule has 0 radical (unpaired) electrons. The van der Waals surface area contributed by atoms with E-state index in [-0.39, 0.29) is 12.4 Å². The fourth-order valence-corrected chi connectivity index (χ4v) is 0.761. The normalized spacial score (nSPS) is 8.92. The lowest BCUT2D eigenvalue weighted by Crippen LogP contribution is -2.30. The molecule has 1 rings (SSSR count). The van der Waals surface area contributed by atoms with Crippen LogP contribution in [0, 0.1) is 0 Å². The van der Waals surface area contributed by atoms with Gasteiger partial charge in [0.15, 0.2) is 0 Å². The van der Waals surface area contributed by atoms with Gasteiger partial charge in [0.05, 0.1) is 0 Å². The number of rotatable bonds is 2. The van der Waals surface area contributed by atoms with Crippen molar-refractivity contribution in [3.63, 3.8) is 0 Å². The maximum Gasteiger partial charge on any atom is 0.490 e. The average Bonchev–Trinajstić information content (AvgIpc) is 2.05. The quantitative estimate of drug-likeness (QED) is 0.501. The monoisotopic (exact) mass is 188 g/mol. The Labute approximate surface area is 77.0 Å². The molecule has 4 N–H and O–H groups in total. The minimum atomic E-state index is -1.46. The van der Waals surface area contributed by atoms with E-state index in [1.165, 1.54) is 6.20 Å². The Morgan fingerprint density at radius 1 is 1.42 bits per heavy atom. The predicted molar refractivity (Wildman–Crippen MR) is 49.2 cm³/mol. The van der Waals surface area contributed by atoms with Crippen LogP contribution in [0.1, 0.15) is 5.56 Å². The minimum absolute atomic E-state index is 0. The van der Waals surface area contributed by atoms with E-state index in [0.717, 1.165) is 5.56 Å². The molecule has 0 aliphatic heterocycles. The second-order valence-corrected chi connectivity index (χ2v) is 2.20. The summed E-state index contributed by atoms with van der Waals surface area (Å²) >= 11 is 0. The van der Waals surface area contributed by atoms with Crippen molar-refractivity contribution in [3.8, 4) is 0 Å². The number of hydrogen-bond acceptors (Lipinski definition) is 4. The molecule has 12 heavy (non-hydrogen) atoms. The number of aromatic nitrogens is 1. The summed E-state index contributed by atoms with van der Waals surface area (Å²) in [5.74, 6) is 0. The van der Waals surface area contributed by atoms with Crippen LogP contribution in [-0.2, 0) is 6.54 Å². The average molecular weight is 188 g/mol. The molecule has 0 amide bonds. The van der Waals surface area contributed by atoms with Crippen LogP contribution in [0.4, 0.5) is 0 Å². The van der Waals surface area contributed by atoms with E-state index in [9.17, 15) is 0 Å². The van der Waals surface area contributed by atoms with E-state index >= 15 is 0 Å². The van der Waals surface area contributed by atoms with Gasteiger partial charge in [0.1, 0.15) is 0 Å². The first-order valence-electron chi connectivity index (χ1n) is 3.24. The molecule has 0 spiro atoms. The van der Waals surface area contributed by atoms with E-state index in [1.807, 2.05) is 0 Å². The van der Waals surface area contributed by atoms with Crippen molar-refractivity contribution in [3.05, 3.63) is 24.0 Å². The Balaban J connectivity index is 0.00000121. The van der Waals surface area contributed by atoms with Gasteiger partial charge in [-0.1, -0.05) is 6.07 Å². The van der Waals surface area contributed by atoms with Gasteiger partial charge in [-0.05, 0) is 5.56 Å². The molecule has 0 aromatic carbocycles. The Morgan fingerprint density at radius 3 is 2.58 bits per heavy atom. The zero-order valence-electron chi connectivity index (χ0n) is 6.34. The highest BCUT2D eigenvalue weighted by Crippen LogP contribution is 1.91. The second-order valence-electron chi connectivity index (χ2n) is 2.20. The Bertz CT molecular complexity index is 247. The van der Waals surface area contributed by atoms with Crippen molar-refractivity contribution < 1.29 is 10.0 Å². The number of nitrogens with two attached hydrogens (primary N) is 1. The van der Waals surface area contributed by atoms with E-state index in [4.69, 9.17) is 15.8 Å². The van der Waals surface area contributed by atoms with E-state index in [1.54, 1.807) is 12.3 Å². The van der Waals surface area contributed by atoms with Gasteiger partial charge in [0, 0.05) is 24.4 Å². The first kappa shape index (κ1) is 11.4. The molecular formula is C6H10BClN2O2. The molecule has 1 aromatic heterocycles. The minimum Gasteiger partial charge on any atom is -0.423 e. The Kier molecular flexibility index (Phi) is 4.84. The first-order valence-corrected chi connectivity index (χ1v) is 3.24. The summed E-state index contributed by atoms with van der Waals surface area (Å²) in [7, 11) is -1.46. The van der Waals surface area contributed by atoms with Gasteiger partial charge in [0.2, 0.25) is 0 Å². The zero-order chi connectivity index (χ0) is 8.27. The molecule has 66 valence electrons. The highest BCUT2D eigenvalue weighted by atomic mass is 35.5. The fourth-order valence-electron chi connectivity index (χ4n) is 0.761. The van der Waals surface area contributed by atoms with Crippen molar-refractivity contribution in [1.82, 2.24) is 4.98 Å². The summed E-state index contributed by atoms with van der Waals surface area (Å²) in [5.41, 5.74) is 6.47. The van der Waals surface area contributed by atoms with E-state index in [2.05, 4.69) is 4.98 Å². The fraction of sp³-hybridized carbons (Fsp3) is 0.167. The van der Waals surface area contributed by atoms with Crippen molar-refractivity contribution in [1.29, 1.82) is 0 Å². The highest BCUT2D eigenvalue weighted by Gasteiger charge is 2.10. The maximum absolute atomic E-state index is 8.72. The third kappa shape index (κ3) is 2.79. The molecule has 6 heteroatoms. The molecule has 0 saturated carbocycles. The summed E-state index contributed by atoms with van der Waals surface area (Å²) in [6, 6.07) is 1.61. The lowest BCUT2D eigenvalue weighted by molar-refractivity contribution is 0.425. The van der Waals surface area contributed by atoms with Crippen molar-refractivity contribution >= 4 is 25.0 Å². The molecule has 1 heterocycles. The summed E-state index contributed by atoms with van der Waals surface area (Å²) in [4.78, 5) is 3.78. The summed E-state index contributed by atoms with van der Waals surface area (Å²) in [5, 5.41) is 17.4. The predicted octanol–water partition coefficient (Wildman–Crippen LogP) is -1.36. The topological polar surface area (TPSA) is 79.4 Å². The molecule has 0 atom stereocenters. The summed E-state index contributed by atoms with van der Waals surface area (Å²) in [6.07, 6.45) is 2.98. The van der Waals surface area contributed by atoms with Gasteiger partial charge in [-0.3, -0.25) is 4.98 Å². The van der Waals surface area contributed by atoms with Crippen molar-refractivity contribution in [2.75, 3.05) is 0 Å². The highest BCUT2D eigenvalue weighted by molar-refractivity contribution is 6.58. The molecular weight excluding hydrogens is 178 g/mol. The largest absolute Gasteiger partial charge is 0.490 e. The second kappa shape index (κ2) is 5.11. The zero-order valence-corrected chi connectivity index (χ0v) is 7.16. The molecule has 0 fully saturated rings. The number of halogens is 1. The molecule has 0 bridgehead atoms. The summed E-state index contributed by atoms with van der Waals surface area (Å²) in [6.45, 7) is 0.355. The Hall–Kier alpha value is -0.615. The van der Waals surface area contributed by atoms with Crippen LogP contribution < -0.4 is 11.2 Å². The van der Waals surface area contributed by atoms with Crippen LogP contribution in [0.3, 0.4) is 0 Å². The number of pyridine rings is 1. The smallest absolute Gasteiger partial charge is 0.423 e. The standard InChI is InChI=1S/C6H9BN2O2.ClH/c8-2-5-1-6(7(10)11)4-9-3-5;/h1,3-4,10-11H,2,8H2;1H. The summed E-state index contributed by atoms with van der Waals surface area (Å²) < 4.78 is 0. The van der Waals surface area contributed by atoms with Gasteiger partial charge in [0.25, 0.3) is 0 Å². The lowest BCUT2D eigenvalue weighted by atomic mass is 9.81. The van der Waals surface area contributed by atoms with Crippen LogP contribution in [0.15, 0.2) is 18.5 Å². The molecule has 4 nitrogen and oxygen atoms in total. The van der Waals surface area contributed by atoms with Gasteiger partial charge >= 0.3 is 7.12 Å². The Morgan fingerprint density at radius 2 is 2.08 bits per heavy atom. The third-order valence-electron chi connectivity index (χ3n) is 1.35. The molecule has 0 unspecified atom stereocenters. The third-order valence-corrected chi connectivity index (χ3v) is 1.35. The first-order chi connectivity index (χ1) is 5.24. The van der Waals surface area contributed by atoms with Crippen LogP contribution in [0.2, 0.25) is 0 Å². The van der Waals surface area contributed by atoms with Crippen LogP contribution in [0.5, 0.6) is 0 Å². The van der Waals surface area contributed by atoms with Crippen LogP contribution >= 0.6 is 12.4 Å². The van der Waals surface area contributed by atoms with Gasteiger partial charge in [-0.15, -0.1) is 12.4 Å². The lowest BCUT2D eigenvalue weighted by Gasteiger charge is -1.99. The van der Waals surface area contributed by atoms with Crippen LogP contribution in [-0.4, -0.2) is 22.2 Å². The maximum atomic E-state index is 8.72. The molecule has 0 aliphatic rings. The molecule has 0 saturated heterocycles. The van der Waals surface area contributed by atoms with Gasteiger partial charge in [-0.25, -0.2) is 0 Å². The van der Waals surface area contributed by atoms with Gasteiger partial charge < -0.3 is 15.8 Å². The molecule has 0 aliphatic carbocycles. The van der Waals surface area contributed by atoms with Gasteiger partial charge in [-0.2, -0.15) is 0 Å². The van der Waals surface area contributed by atoms with Crippen molar-refractivity contribution in [2.45, 2.75) is 6.54 Å². The van der Waals surface area contributed by atoms with E-state index < -0.39 is 7.12 Å². The number of hydrogen-bond donors (Lipinski definition) is 3.